The van der Waals surface area contributed by atoms with Crippen molar-refractivity contribution in [2.45, 2.75) is 52.4 Å². The molecule has 0 unspecified atom stereocenters. The molecule has 1 rings (SSSR count). The lowest BCUT2D eigenvalue weighted by atomic mass is 9.82. The summed E-state index contributed by atoms with van der Waals surface area (Å²) in [4.78, 5) is 7.64. The first-order valence-electron chi connectivity index (χ1n) is 4.77. The second kappa shape index (κ2) is 2.86. The zero-order chi connectivity index (χ0) is 10.3. The molecule has 0 aromatic carbocycles. The van der Waals surface area contributed by atoms with Gasteiger partial charge in [0.25, 0.3) is 0 Å². The van der Waals surface area contributed by atoms with Crippen molar-refractivity contribution in [1.29, 1.82) is 0 Å². The van der Waals surface area contributed by atoms with Crippen molar-refractivity contribution in [2.24, 2.45) is 0 Å². The summed E-state index contributed by atoms with van der Waals surface area (Å²) in [7, 11) is 0. The fourth-order valence-electron chi connectivity index (χ4n) is 1.43. The zero-order valence-corrected chi connectivity index (χ0v) is 9.52. The molecule has 0 amide bonds. The van der Waals surface area contributed by atoms with Gasteiger partial charge in [0.1, 0.15) is 0 Å². The molecule has 0 saturated carbocycles. The monoisotopic (exact) mass is 180 g/mol. The second-order valence-electron chi connectivity index (χ2n) is 5.63. The van der Waals surface area contributed by atoms with Gasteiger partial charge in [-0.2, -0.15) is 0 Å². The Morgan fingerprint density at radius 2 is 1.54 bits per heavy atom. The lowest BCUT2D eigenvalue weighted by Crippen LogP contribution is -2.21. The van der Waals surface area contributed by atoms with E-state index < -0.39 is 0 Å². The minimum absolute atomic E-state index is 0.128. The molecular formula is C11H20N2. The van der Waals surface area contributed by atoms with Crippen LogP contribution in [0.3, 0.4) is 0 Å². The van der Waals surface area contributed by atoms with Crippen molar-refractivity contribution in [3.05, 3.63) is 17.7 Å². The van der Waals surface area contributed by atoms with Crippen molar-refractivity contribution >= 4 is 0 Å². The Bertz CT molecular complexity index is 255. The third-order valence-electron chi connectivity index (χ3n) is 2.10. The molecule has 0 atom stereocenters. The van der Waals surface area contributed by atoms with Crippen LogP contribution in [-0.2, 0) is 10.8 Å². The first kappa shape index (κ1) is 10.3. The van der Waals surface area contributed by atoms with Gasteiger partial charge in [-0.05, 0) is 0 Å². The number of aromatic nitrogens is 2. The van der Waals surface area contributed by atoms with Crippen LogP contribution in [0, 0.1) is 0 Å². The van der Waals surface area contributed by atoms with Gasteiger partial charge in [0.15, 0.2) is 0 Å². The Morgan fingerprint density at radius 1 is 1.00 bits per heavy atom. The van der Waals surface area contributed by atoms with Gasteiger partial charge in [-0.3, -0.25) is 0 Å². The summed E-state index contributed by atoms with van der Waals surface area (Å²) in [6.45, 7) is 13.2. The predicted molar refractivity (Wildman–Crippen MR) is 56.0 cm³/mol. The number of rotatable bonds is 0. The van der Waals surface area contributed by atoms with E-state index >= 15 is 0 Å². The second-order valence-corrected chi connectivity index (χ2v) is 5.63. The number of H-pyrrole nitrogens is 1. The van der Waals surface area contributed by atoms with E-state index in [0.29, 0.717) is 0 Å². The molecule has 2 nitrogen and oxygen atoms in total. The van der Waals surface area contributed by atoms with Crippen molar-refractivity contribution < 1.29 is 0 Å². The Balaban J connectivity index is 3.19. The van der Waals surface area contributed by atoms with Gasteiger partial charge in [-0.15, -0.1) is 0 Å². The molecule has 1 aromatic heterocycles. The highest BCUT2D eigenvalue weighted by Crippen LogP contribution is 2.30. The van der Waals surface area contributed by atoms with Crippen LogP contribution in [0.25, 0.3) is 0 Å². The molecule has 2 heteroatoms. The van der Waals surface area contributed by atoms with Crippen molar-refractivity contribution in [2.75, 3.05) is 0 Å². The Kier molecular flexibility index (Phi) is 2.27. The van der Waals surface area contributed by atoms with Crippen LogP contribution in [0.15, 0.2) is 6.33 Å². The van der Waals surface area contributed by atoms with Crippen molar-refractivity contribution in [3.63, 3.8) is 0 Å². The molecule has 1 heterocycles. The maximum absolute atomic E-state index is 4.40. The summed E-state index contributed by atoms with van der Waals surface area (Å²) in [6.07, 6.45) is 1.79. The first-order chi connectivity index (χ1) is 5.73. The van der Waals surface area contributed by atoms with E-state index in [1.165, 1.54) is 11.4 Å². The third kappa shape index (κ3) is 2.11. The van der Waals surface area contributed by atoms with E-state index in [4.69, 9.17) is 0 Å². The number of imidazole rings is 1. The van der Waals surface area contributed by atoms with Crippen LogP contribution >= 0.6 is 0 Å². The van der Waals surface area contributed by atoms with Gasteiger partial charge < -0.3 is 4.98 Å². The quantitative estimate of drug-likeness (QED) is 0.653. The fourth-order valence-corrected chi connectivity index (χ4v) is 1.43. The fraction of sp³-hybridized carbons (Fsp3) is 0.727. The first-order valence-corrected chi connectivity index (χ1v) is 4.77. The minimum atomic E-state index is 0.128. The average molecular weight is 180 g/mol. The highest BCUT2D eigenvalue weighted by molar-refractivity contribution is 5.25. The number of hydrogen-bond donors (Lipinski definition) is 1. The molecule has 0 aliphatic heterocycles. The van der Waals surface area contributed by atoms with Crippen LogP contribution in [0.5, 0.6) is 0 Å². The lowest BCUT2D eigenvalue weighted by Gasteiger charge is -2.24. The summed E-state index contributed by atoms with van der Waals surface area (Å²) < 4.78 is 0. The number of nitrogens with zero attached hydrogens (tertiary/aromatic N) is 1. The van der Waals surface area contributed by atoms with Crippen LogP contribution in [-0.4, -0.2) is 9.97 Å². The number of nitrogens with one attached hydrogen (secondary N) is 1. The number of aromatic amines is 1. The van der Waals surface area contributed by atoms with Gasteiger partial charge in [-0.25, -0.2) is 4.98 Å². The molecule has 1 aromatic rings. The van der Waals surface area contributed by atoms with Crippen LogP contribution in [0.2, 0.25) is 0 Å². The molecule has 0 bridgehead atoms. The van der Waals surface area contributed by atoms with Gasteiger partial charge >= 0.3 is 0 Å². The normalized spacial score (nSPS) is 13.4. The molecule has 0 aliphatic rings. The molecule has 0 fully saturated rings. The molecule has 0 saturated heterocycles. The summed E-state index contributed by atoms with van der Waals surface area (Å²) in [5, 5.41) is 0. The molecular weight excluding hydrogens is 160 g/mol. The van der Waals surface area contributed by atoms with Crippen LogP contribution in [0.1, 0.15) is 52.9 Å². The Hall–Kier alpha value is -0.790. The Labute approximate surface area is 80.8 Å². The summed E-state index contributed by atoms with van der Waals surface area (Å²) in [5.41, 5.74) is 2.71. The van der Waals surface area contributed by atoms with Gasteiger partial charge in [0.05, 0.1) is 12.0 Å². The smallest absolute Gasteiger partial charge is 0.0925 e. The maximum Gasteiger partial charge on any atom is 0.0925 e. The maximum atomic E-state index is 4.40. The van der Waals surface area contributed by atoms with E-state index in [-0.39, 0.29) is 10.8 Å². The van der Waals surface area contributed by atoms with Gasteiger partial charge in [0.2, 0.25) is 0 Å². The molecule has 0 radical (unpaired) electrons. The van der Waals surface area contributed by atoms with Crippen molar-refractivity contribution in [3.8, 4) is 0 Å². The van der Waals surface area contributed by atoms with Crippen LogP contribution < -0.4 is 0 Å². The lowest BCUT2D eigenvalue weighted by molar-refractivity contribution is 0.512. The summed E-state index contributed by atoms with van der Waals surface area (Å²) >= 11 is 0. The molecule has 0 spiro atoms. The standard InChI is InChI=1S/C11H20N2/c1-10(2,3)8-9(11(4,5)6)13-7-12-8/h7H,1-6H3,(H,12,13). The van der Waals surface area contributed by atoms with E-state index in [0.717, 1.165) is 0 Å². The molecule has 1 N–H and O–H groups in total. The van der Waals surface area contributed by atoms with E-state index in [2.05, 4.69) is 51.5 Å². The SMILES string of the molecule is CC(C)(C)c1nc[nH]c1C(C)(C)C. The highest BCUT2D eigenvalue weighted by atomic mass is 14.9. The number of hydrogen-bond acceptors (Lipinski definition) is 1. The zero-order valence-electron chi connectivity index (χ0n) is 9.52. The third-order valence-corrected chi connectivity index (χ3v) is 2.10. The topological polar surface area (TPSA) is 28.7 Å². The Morgan fingerprint density at radius 3 is 1.85 bits per heavy atom. The largest absolute Gasteiger partial charge is 0.348 e. The van der Waals surface area contributed by atoms with E-state index in [1.807, 2.05) is 0 Å². The summed E-state index contributed by atoms with van der Waals surface area (Å²) in [6, 6.07) is 0. The van der Waals surface area contributed by atoms with E-state index in [1.54, 1.807) is 6.33 Å². The molecule has 13 heavy (non-hydrogen) atoms. The van der Waals surface area contributed by atoms with Gasteiger partial charge in [0, 0.05) is 16.5 Å². The van der Waals surface area contributed by atoms with Crippen molar-refractivity contribution in [1.82, 2.24) is 9.97 Å². The minimum Gasteiger partial charge on any atom is -0.348 e. The summed E-state index contributed by atoms with van der Waals surface area (Å²) in [5.74, 6) is 0. The molecule has 74 valence electrons. The van der Waals surface area contributed by atoms with Gasteiger partial charge in [-0.1, -0.05) is 41.5 Å². The predicted octanol–water partition coefficient (Wildman–Crippen LogP) is 3.00. The van der Waals surface area contributed by atoms with E-state index in [9.17, 15) is 0 Å². The average Bonchev–Trinajstić information content (AvgIpc) is 2.27. The molecule has 0 aliphatic carbocycles. The highest BCUT2D eigenvalue weighted by Gasteiger charge is 2.27. The van der Waals surface area contributed by atoms with Crippen LogP contribution in [0.4, 0.5) is 0 Å².